The van der Waals surface area contributed by atoms with Crippen molar-refractivity contribution < 1.29 is 0 Å². The lowest BCUT2D eigenvalue weighted by atomic mass is 9.43. The monoisotopic (exact) mass is 267 g/mol. The summed E-state index contributed by atoms with van der Waals surface area (Å²) in [6, 6.07) is 0. The van der Waals surface area contributed by atoms with Crippen LogP contribution in [0.3, 0.4) is 0 Å². The van der Waals surface area contributed by atoms with Crippen molar-refractivity contribution in [2.75, 3.05) is 18.6 Å². The minimum atomic E-state index is 0.515. The van der Waals surface area contributed by atoms with Crippen LogP contribution in [0.4, 0.5) is 0 Å². The molecule has 4 aliphatic carbocycles. The summed E-state index contributed by atoms with van der Waals surface area (Å²) in [7, 11) is 0. The number of thioether (sulfide) groups is 1. The Hall–Kier alpha value is 0.310. The molecule has 4 rings (SSSR count). The van der Waals surface area contributed by atoms with E-state index in [1.54, 1.807) is 0 Å². The molecule has 18 heavy (non-hydrogen) atoms. The molecule has 2 unspecified atom stereocenters. The van der Waals surface area contributed by atoms with E-state index in [4.69, 9.17) is 0 Å². The van der Waals surface area contributed by atoms with Crippen LogP contribution in [0, 0.1) is 16.7 Å². The van der Waals surface area contributed by atoms with Crippen molar-refractivity contribution in [1.82, 2.24) is 5.32 Å². The van der Waals surface area contributed by atoms with Gasteiger partial charge in [0.2, 0.25) is 0 Å². The Kier molecular flexibility index (Phi) is 3.26. The zero-order chi connectivity index (χ0) is 12.9. The molecule has 104 valence electrons. The van der Waals surface area contributed by atoms with Crippen molar-refractivity contribution in [3.05, 3.63) is 0 Å². The number of hydrogen-bond acceptors (Lipinski definition) is 2. The van der Waals surface area contributed by atoms with E-state index < -0.39 is 0 Å². The van der Waals surface area contributed by atoms with Gasteiger partial charge in [0.05, 0.1) is 0 Å². The molecule has 2 atom stereocenters. The standard InChI is InChI=1S/C16H29NS/c1-14-7-13-8-15(2,10-14)12-16(9-13,11-14)17-5-4-6-18-3/h13,17H,4-12H2,1-3H3. The highest BCUT2D eigenvalue weighted by Crippen LogP contribution is 2.66. The Bertz CT molecular complexity index is 309. The summed E-state index contributed by atoms with van der Waals surface area (Å²) in [4.78, 5) is 0. The maximum absolute atomic E-state index is 4.00. The molecule has 4 fully saturated rings. The van der Waals surface area contributed by atoms with Crippen molar-refractivity contribution in [3.8, 4) is 0 Å². The van der Waals surface area contributed by atoms with E-state index in [2.05, 4.69) is 25.4 Å². The average molecular weight is 267 g/mol. The van der Waals surface area contributed by atoms with Crippen LogP contribution < -0.4 is 5.32 Å². The highest BCUT2D eigenvalue weighted by Gasteiger charge is 2.59. The Morgan fingerprint density at radius 1 is 1.06 bits per heavy atom. The topological polar surface area (TPSA) is 12.0 Å². The fourth-order valence-corrected chi connectivity index (χ4v) is 6.65. The molecule has 0 aromatic rings. The lowest BCUT2D eigenvalue weighted by Gasteiger charge is -2.65. The molecule has 0 aromatic heterocycles. The molecule has 0 heterocycles. The van der Waals surface area contributed by atoms with Gasteiger partial charge in [0.25, 0.3) is 0 Å². The van der Waals surface area contributed by atoms with Gasteiger partial charge in [-0.1, -0.05) is 13.8 Å². The van der Waals surface area contributed by atoms with Crippen molar-refractivity contribution in [2.45, 2.75) is 64.3 Å². The van der Waals surface area contributed by atoms with Crippen molar-refractivity contribution in [1.29, 1.82) is 0 Å². The van der Waals surface area contributed by atoms with Gasteiger partial charge in [-0.3, -0.25) is 0 Å². The van der Waals surface area contributed by atoms with E-state index in [-0.39, 0.29) is 0 Å². The van der Waals surface area contributed by atoms with Gasteiger partial charge < -0.3 is 5.32 Å². The summed E-state index contributed by atoms with van der Waals surface area (Å²) < 4.78 is 0. The third-order valence-electron chi connectivity index (χ3n) is 5.65. The largest absolute Gasteiger partial charge is 0.311 e. The first kappa shape index (κ1) is 13.3. The Morgan fingerprint density at radius 2 is 1.72 bits per heavy atom. The van der Waals surface area contributed by atoms with Gasteiger partial charge in [0, 0.05) is 5.54 Å². The molecule has 0 spiro atoms. The number of rotatable bonds is 5. The minimum absolute atomic E-state index is 0.515. The first-order chi connectivity index (χ1) is 8.47. The van der Waals surface area contributed by atoms with Gasteiger partial charge in [0.15, 0.2) is 0 Å². The highest BCUT2D eigenvalue weighted by atomic mass is 32.2. The second kappa shape index (κ2) is 4.41. The fourth-order valence-electron chi connectivity index (χ4n) is 6.21. The fraction of sp³-hybridized carbons (Fsp3) is 1.00. The van der Waals surface area contributed by atoms with E-state index in [1.165, 1.54) is 57.2 Å². The lowest BCUT2D eigenvalue weighted by molar-refractivity contribution is -0.117. The molecule has 4 bridgehead atoms. The van der Waals surface area contributed by atoms with E-state index >= 15 is 0 Å². The van der Waals surface area contributed by atoms with Gasteiger partial charge in [-0.05, 0) is 80.2 Å². The van der Waals surface area contributed by atoms with E-state index in [0.717, 1.165) is 5.92 Å². The Morgan fingerprint density at radius 3 is 2.28 bits per heavy atom. The Balaban J connectivity index is 1.69. The summed E-state index contributed by atoms with van der Waals surface area (Å²) in [5.74, 6) is 2.32. The van der Waals surface area contributed by atoms with Crippen molar-refractivity contribution in [3.63, 3.8) is 0 Å². The smallest absolute Gasteiger partial charge is 0.0194 e. The maximum atomic E-state index is 4.00. The molecular weight excluding hydrogens is 238 g/mol. The molecule has 0 saturated heterocycles. The van der Waals surface area contributed by atoms with Crippen LogP contribution in [0.25, 0.3) is 0 Å². The predicted molar refractivity (Wildman–Crippen MR) is 81.1 cm³/mol. The quantitative estimate of drug-likeness (QED) is 0.753. The average Bonchev–Trinajstić information content (AvgIpc) is 2.19. The van der Waals surface area contributed by atoms with Gasteiger partial charge in [-0.15, -0.1) is 0 Å². The molecule has 0 aliphatic heterocycles. The lowest BCUT2D eigenvalue weighted by Crippen LogP contribution is -2.64. The molecule has 4 saturated carbocycles. The SMILES string of the molecule is CSCCCNC12CC3CC(C)(CC(C)(C3)C1)C2. The second-order valence-corrected chi connectivity index (χ2v) is 9.17. The molecule has 0 radical (unpaired) electrons. The van der Waals surface area contributed by atoms with Crippen LogP contribution >= 0.6 is 11.8 Å². The molecule has 0 aromatic carbocycles. The third-order valence-corrected chi connectivity index (χ3v) is 6.35. The van der Waals surface area contributed by atoms with Crippen LogP contribution in [0.5, 0.6) is 0 Å². The van der Waals surface area contributed by atoms with Crippen LogP contribution in [0.1, 0.15) is 58.8 Å². The van der Waals surface area contributed by atoms with E-state index in [9.17, 15) is 0 Å². The summed E-state index contributed by atoms with van der Waals surface area (Å²) in [6.07, 6.45) is 12.4. The van der Waals surface area contributed by atoms with E-state index in [1.807, 2.05) is 11.8 Å². The van der Waals surface area contributed by atoms with Crippen LogP contribution in [-0.4, -0.2) is 24.1 Å². The molecule has 2 heteroatoms. The predicted octanol–water partition coefficient (Wildman–Crippen LogP) is 4.08. The van der Waals surface area contributed by atoms with Crippen molar-refractivity contribution >= 4 is 11.8 Å². The molecular formula is C16H29NS. The highest BCUT2D eigenvalue weighted by molar-refractivity contribution is 7.98. The van der Waals surface area contributed by atoms with Gasteiger partial charge >= 0.3 is 0 Å². The molecule has 0 amide bonds. The second-order valence-electron chi connectivity index (χ2n) is 8.18. The number of nitrogens with one attached hydrogen (secondary N) is 1. The van der Waals surface area contributed by atoms with Gasteiger partial charge in [0.1, 0.15) is 0 Å². The van der Waals surface area contributed by atoms with Crippen LogP contribution in [0.15, 0.2) is 0 Å². The first-order valence-corrected chi connectivity index (χ1v) is 9.10. The van der Waals surface area contributed by atoms with E-state index in [0.29, 0.717) is 16.4 Å². The maximum Gasteiger partial charge on any atom is 0.0194 e. The Labute approximate surface area is 117 Å². The summed E-state index contributed by atoms with van der Waals surface area (Å²) in [5, 5.41) is 4.00. The summed E-state index contributed by atoms with van der Waals surface area (Å²) in [6.45, 7) is 6.36. The number of hydrogen-bond donors (Lipinski definition) is 1. The summed E-state index contributed by atoms with van der Waals surface area (Å²) >= 11 is 1.98. The van der Waals surface area contributed by atoms with Gasteiger partial charge in [-0.25, -0.2) is 0 Å². The molecule has 1 N–H and O–H groups in total. The van der Waals surface area contributed by atoms with Gasteiger partial charge in [-0.2, -0.15) is 11.8 Å². The minimum Gasteiger partial charge on any atom is -0.311 e. The first-order valence-electron chi connectivity index (χ1n) is 7.71. The van der Waals surface area contributed by atoms with Crippen molar-refractivity contribution in [2.24, 2.45) is 16.7 Å². The van der Waals surface area contributed by atoms with Crippen LogP contribution in [0.2, 0.25) is 0 Å². The zero-order valence-corrected chi connectivity index (χ0v) is 13.2. The summed E-state index contributed by atoms with van der Waals surface area (Å²) in [5.41, 5.74) is 1.82. The molecule has 1 nitrogen and oxygen atoms in total. The molecule has 4 aliphatic rings. The zero-order valence-electron chi connectivity index (χ0n) is 12.3. The van der Waals surface area contributed by atoms with Crippen LogP contribution in [-0.2, 0) is 0 Å². The third kappa shape index (κ3) is 2.35. The normalized spacial score (nSPS) is 49.8.